The van der Waals surface area contributed by atoms with Crippen LogP contribution in [0.1, 0.15) is 0 Å². The minimum Gasteiger partial charge on any atom is -0.494 e. The summed E-state index contributed by atoms with van der Waals surface area (Å²) in [5.41, 5.74) is 3.26. The highest BCUT2D eigenvalue weighted by Gasteiger charge is 2.23. The number of aromatic nitrogens is 3. The van der Waals surface area contributed by atoms with Gasteiger partial charge in [0.05, 0.1) is 30.0 Å². The predicted molar refractivity (Wildman–Crippen MR) is 145 cm³/mol. The van der Waals surface area contributed by atoms with Crippen LogP contribution >= 0.6 is 0 Å². The van der Waals surface area contributed by atoms with Crippen molar-refractivity contribution in [1.82, 2.24) is 19.4 Å². The van der Waals surface area contributed by atoms with Crippen LogP contribution in [0.25, 0.3) is 22.2 Å². The number of nitrogens with one attached hydrogen (secondary N) is 1. The number of nitrogens with zero attached hydrogens (tertiary/aromatic N) is 6. The zero-order chi connectivity index (χ0) is 27.4. The lowest BCUT2D eigenvalue weighted by atomic mass is 10.1. The molecule has 38 heavy (non-hydrogen) atoms. The van der Waals surface area contributed by atoms with Crippen molar-refractivity contribution >= 4 is 39.9 Å². The molecule has 4 rings (SSSR count). The Bertz CT molecular complexity index is 1490. The second kappa shape index (κ2) is 11.1. The van der Waals surface area contributed by atoms with Gasteiger partial charge in [0.1, 0.15) is 11.4 Å². The van der Waals surface area contributed by atoms with Crippen LogP contribution in [0.3, 0.4) is 0 Å². The first kappa shape index (κ1) is 26.4. The van der Waals surface area contributed by atoms with Crippen LogP contribution in [0.2, 0.25) is 0 Å². The highest BCUT2D eigenvalue weighted by Crippen LogP contribution is 2.39. The lowest BCUT2D eigenvalue weighted by Crippen LogP contribution is -2.34. The van der Waals surface area contributed by atoms with E-state index in [9.17, 15) is 14.9 Å². The third-order valence-corrected chi connectivity index (χ3v) is 6.20. The molecule has 2 aromatic heterocycles. The summed E-state index contributed by atoms with van der Waals surface area (Å²) in [6.07, 6.45) is 3.63. The van der Waals surface area contributed by atoms with E-state index in [2.05, 4.69) is 15.3 Å². The third-order valence-electron chi connectivity index (χ3n) is 6.20. The number of aliphatic carboxylic acids is 1. The van der Waals surface area contributed by atoms with Gasteiger partial charge in [-0.05, 0) is 19.2 Å². The Labute approximate surface area is 219 Å². The third kappa shape index (κ3) is 5.65. The number of nitro benzene ring substituents is 1. The fraction of sp³-hybridized carbons (Fsp3) is 0.269. The van der Waals surface area contributed by atoms with Crippen molar-refractivity contribution in [2.24, 2.45) is 7.05 Å². The molecule has 0 saturated carbocycles. The van der Waals surface area contributed by atoms with Gasteiger partial charge in [-0.15, -0.1) is 0 Å². The van der Waals surface area contributed by atoms with Crippen LogP contribution in [-0.2, 0) is 11.8 Å². The van der Waals surface area contributed by atoms with Crippen molar-refractivity contribution in [2.45, 2.75) is 0 Å². The van der Waals surface area contributed by atoms with E-state index in [0.717, 1.165) is 16.5 Å². The minimum absolute atomic E-state index is 0.125. The number of benzene rings is 2. The number of rotatable bonds is 11. The molecule has 2 N–H and O–H groups in total. The van der Waals surface area contributed by atoms with E-state index in [1.54, 1.807) is 36.2 Å². The zero-order valence-electron chi connectivity index (χ0n) is 21.6. The number of fused-ring (bicyclic) bond motifs is 1. The lowest BCUT2D eigenvalue weighted by Gasteiger charge is -2.23. The number of methoxy groups -OCH3 is 1. The number of carboxylic acid groups (broad SMARTS) is 1. The predicted octanol–water partition coefficient (Wildman–Crippen LogP) is 3.75. The van der Waals surface area contributed by atoms with E-state index in [1.165, 1.54) is 13.2 Å². The summed E-state index contributed by atoms with van der Waals surface area (Å²) in [6, 6.07) is 12.8. The Kier molecular flexibility index (Phi) is 7.72. The number of carbonyl (C=O) groups is 1. The van der Waals surface area contributed by atoms with E-state index < -0.39 is 10.9 Å². The molecule has 0 spiro atoms. The smallest absolute Gasteiger partial charge is 0.317 e. The van der Waals surface area contributed by atoms with Crippen molar-refractivity contribution in [2.75, 3.05) is 51.1 Å². The number of ether oxygens (including phenoxy) is 1. The maximum absolute atomic E-state index is 12.0. The Morgan fingerprint density at radius 3 is 2.68 bits per heavy atom. The maximum Gasteiger partial charge on any atom is 0.317 e. The Balaban J connectivity index is 1.63. The molecule has 12 nitrogen and oxygen atoms in total. The van der Waals surface area contributed by atoms with Crippen LogP contribution < -0.4 is 15.0 Å². The number of carboxylic acids is 1. The quantitative estimate of drug-likeness (QED) is 0.222. The SMILES string of the molecule is COc1cc(N(C)CCN(C)CC(=O)O)c([N+](=O)[O-])cc1Nc1nccc(-c2cn(C)c3ccccc23)n1. The number of hydrogen-bond acceptors (Lipinski definition) is 9. The average molecular weight is 520 g/mol. The number of nitro groups is 1. The van der Waals surface area contributed by atoms with Gasteiger partial charge in [0.2, 0.25) is 5.95 Å². The minimum atomic E-state index is -0.940. The maximum atomic E-state index is 12.0. The molecule has 0 radical (unpaired) electrons. The highest BCUT2D eigenvalue weighted by atomic mass is 16.6. The second-order valence-corrected chi connectivity index (χ2v) is 8.91. The molecule has 2 aromatic carbocycles. The fourth-order valence-corrected chi connectivity index (χ4v) is 4.26. The molecule has 4 aromatic rings. The van der Waals surface area contributed by atoms with Crippen molar-refractivity contribution in [1.29, 1.82) is 0 Å². The number of hydrogen-bond donors (Lipinski definition) is 2. The van der Waals surface area contributed by atoms with E-state index >= 15 is 0 Å². The first-order valence-corrected chi connectivity index (χ1v) is 11.8. The normalized spacial score (nSPS) is 11.1. The van der Waals surface area contributed by atoms with E-state index in [1.807, 2.05) is 48.1 Å². The van der Waals surface area contributed by atoms with Crippen LogP contribution in [0, 0.1) is 10.1 Å². The van der Waals surface area contributed by atoms with Gasteiger partial charge in [-0.25, -0.2) is 9.97 Å². The summed E-state index contributed by atoms with van der Waals surface area (Å²) < 4.78 is 7.57. The summed E-state index contributed by atoms with van der Waals surface area (Å²) in [5, 5.41) is 25.0. The molecule has 12 heteroatoms. The number of likely N-dealkylation sites (N-methyl/N-ethyl adjacent to an activating group) is 2. The molecule has 0 aliphatic heterocycles. The van der Waals surface area contributed by atoms with Crippen molar-refractivity contribution < 1.29 is 19.6 Å². The molecular weight excluding hydrogens is 490 g/mol. The molecule has 0 unspecified atom stereocenters. The first-order chi connectivity index (χ1) is 18.2. The fourth-order valence-electron chi connectivity index (χ4n) is 4.26. The molecule has 0 aliphatic carbocycles. The molecule has 2 heterocycles. The topological polar surface area (TPSA) is 139 Å². The highest BCUT2D eigenvalue weighted by molar-refractivity contribution is 5.95. The monoisotopic (exact) mass is 519 g/mol. The Morgan fingerprint density at radius 2 is 1.97 bits per heavy atom. The molecule has 198 valence electrons. The van der Waals surface area contributed by atoms with Gasteiger partial charge >= 0.3 is 5.97 Å². The molecule has 0 amide bonds. The summed E-state index contributed by atoms with van der Waals surface area (Å²) in [7, 11) is 6.83. The summed E-state index contributed by atoms with van der Waals surface area (Å²) in [4.78, 5) is 34.7. The Hall–Kier alpha value is -4.71. The van der Waals surface area contributed by atoms with Crippen molar-refractivity contribution in [3.05, 3.63) is 65.0 Å². The van der Waals surface area contributed by atoms with Gasteiger partial charge < -0.3 is 24.6 Å². The van der Waals surface area contributed by atoms with Gasteiger partial charge in [-0.1, -0.05) is 18.2 Å². The summed E-state index contributed by atoms with van der Waals surface area (Å²) in [5.74, 6) is -0.306. The standard InChI is InChI=1S/C26H29N7O5/c1-30(16-25(34)35)11-12-31(2)22-14-24(38-4)20(13-23(22)33(36)37)29-26-27-10-9-19(28-26)18-15-32(3)21-8-6-5-7-17(18)21/h5-10,13-15H,11-12,16H2,1-4H3,(H,34,35)(H,27,28,29). The Morgan fingerprint density at radius 1 is 1.21 bits per heavy atom. The molecule has 0 fully saturated rings. The van der Waals surface area contributed by atoms with Crippen LogP contribution in [-0.4, -0.2) is 76.3 Å². The van der Waals surface area contributed by atoms with Crippen molar-refractivity contribution in [3.63, 3.8) is 0 Å². The molecule has 0 aliphatic rings. The molecule has 0 atom stereocenters. The van der Waals surface area contributed by atoms with Gasteiger partial charge in [0.25, 0.3) is 5.69 Å². The van der Waals surface area contributed by atoms with Gasteiger partial charge in [-0.3, -0.25) is 19.8 Å². The number of aryl methyl sites for hydroxylation is 1. The van der Waals surface area contributed by atoms with Crippen molar-refractivity contribution in [3.8, 4) is 17.0 Å². The zero-order valence-corrected chi connectivity index (χ0v) is 21.6. The van der Waals surface area contributed by atoms with Crippen LogP contribution in [0.4, 0.5) is 23.0 Å². The summed E-state index contributed by atoms with van der Waals surface area (Å²) >= 11 is 0. The average Bonchev–Trinajstić information content (AvgIpc) is 3.23. The molecule has 0 saturated heterocycles. The summed E-state index contributed by atoms with van der Waals surface area (Å²) in [6.45, 7) is 0.647. The number of anilines is 3. The van der Waals surface area contributed by atoms with Gasteiger partial charge in [0.15, 0.2) is 0 Å². The van der Waals surface area contributed by atoms with E-state index in [0.29, 0.717) is 35.9 Å². The molecular formula is C26H29N7O5. The van der Waals surface area contributed by atoms with E-state index in [4.69, 9.17) is 9.84 Å². The second-order valence-electron chi connectivity index (χ2n) is 8.91. The van der Waals surface area contributed by atoms with Gasteiger partial charge in [-0.2, -0.15) is 0 Å². The molecule has 0 bridgehead atoms. The van der Waals surface area contributed by atoms with Gasteiger partial charge in [0, 0.05) is 68.2 Å². The number of para-hydroxylation sites is 1. The first-order valence-electron chi connectivity index (χ1n) is 11.8. The lowest BCUT2D eigenvalue weighted by molar-refractivity contribution is -0.384. The van der Waals surface area contributed by atoms with Crippen LogP contribution in [0.5, 0.6) is 5.75 Å². The largest absolute Gasteiger partial charge is 0.494 e. The van der Waals surface area contributed by atoms with E-state index in [-0.39, 0.29) is 18.2 Å². The van der Waals surface area contributed by atoms with Crippen LogP contribution in [0.15, 0.2) is 54.9 Å².